The first-order valence-electron chi connectivity index (χ1n) is 12.1. The summed E-state index contributed by atoms with van der Waals surface area (Å²) < 4.78 is 6.13. The zero-order valence-corrected chi connectivity index (χ0v) is 20.1. The highest BCUT2D eigenvalue weighted by molar-refractivity contribution is 5.90. The number of esters is 1. The third-order valence-corrected chi connectivity index (χ3v) is 7.02. The van der Waals surface area contributed by atoms with Gasteiger partial charge in [-0.05, 0) is 69.1 Å². The number of nitrogens with zero attached hydrogens (tertiary/aromatic N) is 1. The lowest BCUT2D eigenvalue weighted by atomic mass is 9.70. The third-order valence-electron chi connectivity index (χ3n) is 7.02. The second-order valence-corrected chi connectivity index (χ2v) is 9.62. The molecule has 2 aliphatic carbocycles. The molecule has 34 heavy (non-hydrogen) atoms. The van der Waals surface area contributed by atoms with E-state index < -0.39 is 29.4 Å². The number of carbonyl (C=O) groups excluding carboxylic acids is 1. The molecule has 1 aromatic rings. The van der Waals surface area contributed by atoms with Crippen LogP contribution in [0.1, 0.15) is 69.2 Å². The lowest BCUT2D eigenvalue weighted by Crippen LogP contribution is -2.76. The molecule has 0 bridgehead atoms. The predicted octanol–water partition coefficient (Wildman–Crippen LogP) is 4.15. The monoisotopic (exact) mass is 471 g/mol. The van der Waals surface area contributed by atoms with Crippen molar-refractivity contribution in [3.8, 4) is 5.75 Å². The predicted molar refractivity (Wildman–Crippen MR) is 130 cm³/mol. The maximum Gasteiger partial charge on any atom is 0.408 e. The molecule has 0 saturated heterocycles. The fourth-order valence-electron chi connectivity index (χ4n) is 5.21. The maximum atomic E-state index is 13.2. The van der Waals surface area contributed by atoms with Gasteiger partial charge in [-0.2, -0.15) is 0 Å². The van der Waals surface area contributed by atoms with Crippen LogP contribution in [0.2, 0.25) is 0 Å². The number of rotatable bonds is 8. The number of benzene rings is 1. The number of hydrogen-bond acceptors (Lipinski definition) is 6. The van der Waals surface area contributed by atoms with E-state index in [1.165, 1.54) is 17.0 Å². The van der Waals surface area contributed by atoms with Gasteiger partial charge >= 0.3 is 12.1 Å². The van der Waals surface area contributed by atoms with Gasteiger partial charge in [0, 0.05) is 6.54 Å². The van der Waals surface area contributed by atoms with Crippen LogP contribution in [0.4, 0.5) is 4.79 Å². The van der Waals surface area contributed by atoms with Crippen LogP contribution in [0.25, 0.3) is 0 Å². The molecule has 8 heteroatoms. The fraction of sp³-hybridized carbons (Fsp3) is 0.538. The Hall–Kier alpha value is -2.84. The lowest BCUT2D eigenvalue weighted by molar-refractivity contribution is -0.0997. The number of allylic oxidation sites excluding steroid dienone is 4. The molecule has 1 saturated carbocycles. The summed E-state index contributed by atoms with van der Waals surface area (Å²) in [6.07, 6.45) is 9.31. The molecule has 2 unspecified atom stereocenters. The first-order chi connectivity index (χ1) is 16.1. The Labute approximate surface area is 201 Å². The van der Waals surface area contributed by atoms with Gasteiger partial charge in [0.05, 0.1) is 11.6 Å². The van der Waals surface area contributed by atoms with Crippen LogP contribution in [-0.4, -0.2) is 51.0 Å². The molecule has 2 aliphatic rings. The van der Waals surface area contributed by atoms with Crippen LogP contribution in [0.15, 0.2) is 48.1 Å². The van der Waals surface area contributed by atoms with E-state index >= 15 is 0 Å². The summed E-state index contributed by atoms with van der Waals surface area (Å²) in [6.45, 7) is 4.27. The van der Waals surface area contributed by atoms with Crippen molar-refractivity contribution in [2.45, 2.75) is 76.1 Å². The van der Waals surface area contributed by atoms with Gasteiger partial charge in [0.1, 0.15) is 17.0 Å². The van der Waals surface area contributed by atoms with E-state index in [1.54, 1.807) is 12.1 Å². The number of hydrogen-bond donors (Lipinski definition) is 4. The molecule has 8 nitrogen and oxygen atoms in total. The van der Waals surface area contributed by atoms with E-state index in [-0.39, 0.29) is 17.9 Å². The molecule has 4 atom stereocenters. The Morgan fingerprint density at radius 1 is 1.29 bits per heavy atom. The van der Waals surface area contributed by atoms with Crippen molar-refractivity contribution in [1.82, 2.24) is 4.90 Å². The van der Waals surface area contributed by atoms with Gasteiger partial charge in [-0.1, -0.05) is 43.7 Å². The van der Waals surface area contributed by atoms with Crippen LogP contribution >= 0.6 is 0 Å². The first-order valence-corrected chi connectivity index (χ1v) is 12.1. The van der Waals surface area contributed by atoms with Crippen molar-refractivity contribution in [3.05, 3.63) is 53.6 Å². The molecule has 1 amide bonds. The van der Waals surface area contributed by atoms with Crippen molar-refractivity contribution < 1.29 is 24.5 Å². The Morgan fingerprint density at radius 2 is 2.06 bits per heavy atom. The number of aromatic hydroxyl groups is 1. The quantitative estimate of drug-likeness (QED) is 0.330. The molecular formula is C26H37N3O5. The topological polar surface area (TPSA) is 139 Å². The van der Waals surface area contributed by atoms with Crippen molar-refractivity contribution in [1.29, 1.82) is 0 Å². The van der Waals surface area contributed by atoms with Crippen LogP contribution in [-0.2, 0) is 4.74 Å². The SMILES string of the molecule is CCCN(C(=O)O)[C@]1(N)CCC[C@@](CCC2=CC(C)CC=C2)(OC(=O)c2cccc(O)c2)C1N. The Balaban J connectivity index is 1.96. The van der Waals surface area contributed by atoms with E-state index in [2.05, 4.69) is 25.2 Å². The summed E-state index contributed by atoms with van der Waals surface area (Å²) in [7, 11) is 0. The molecule has 186 valence electrons. The number of carbonyl (C=O) groups is 2. The summed E-state index contributed by atoms with van der Waals surface area (Å²) in [5.74, 6) is -0.239. The van der Waals surface area contributed by atoms with Gasteiger partial charge in [0.15, 0.2) is 0 Å². The van der Waals surface area contributed by atoms with Crippen LogP contribution in [0.3, 0.4) is 0 Å². The van der Waals surface area contributed by atoms with Gasteiger partial charge in [-0.25, -0.2) is 9.59 Å². The summed E-state index contributed by atoms with van der Waals surface area (Å²) >= 11 is 0. The molecule has 0 spiro atoms. The van der Waals surface area contributed by atoms with Gasteiger partial charge in [-0.15, -0.1) is 0 Å². The van der Waals surface area contributed by atoms with E-state index in [1.807, 2.05) is 6.92 Å². The van der Waals surface area contributed by atoms with Gasteiger partial charge in [-0.3, -0.25) is 4.90 Å². The molecule has 6 N–H and O–H groups in total. The average Bonchev–Trinajstić information content (AvgIpc) is 2.79. The molecule has 1 aromatic carbocycles. The van der Waals surface area contributed by atoms with E-state index in [0.29, 0.717) is 44.4 Å². The second kappa shape index (κ2) is 10.6. The number of carboxylic acid groups (broad SMARTS) is 1. The highest BCUT2D eigenvalue weighted by Crippen LogP contribution is 2.42. The second-order valence-electron chi connectivity index (χ2n) is 9.62. The van der Waals surface area contributed by atoms with Crippen molar-refractivity contribution in [2.24, 2.45) is 17.4 Å². The molecule has 0 heterocycles. The lowest BCUT2D eigenvalue weighted by Gasteiger charge is -2.54. The summed E-state index contributed by atoms with van der Waals surface area (Å²) in [5, 5.41) is 19.7. The normalized spacial score (nSPS) is 28.8. The van der Waals surface area contributed by atoms with Crippen molar-refractivity contribution >= 4 is 12.1 Å². The first kappa shape index (κ1) is 25.8. The Bertz CT molecular complexity index is 962. The minimum atomic E-state index is -1.37. The zero-order valence-electron chi connectivity index (χ0n) is 20.1. The molecule has 0 aliphatic heterocycles. The molecule has 1 fully saturated rings. The smallest absolute Gasteiger partial charge is 0.408 e. The number of phenols is 1. The average molecular weight is 472 g/mol. The Morgan fingerprint density at radius 3 is 2.71 bits per heavy atom. The van der Waals surface area contributed by atoms with Crippen molar-refractivity contribution in [2.75, 3.05) is 6.54 Å². The molecule has 0 aromatic heterocycles. The number of nitrogens with two attached hydrogens (primary N) is 2. The minimum Gasteiger partial charge on any atom is -0.508 e. The van der Waals surface area contributed by atoms with Gasteiger partial charge < -0.3 is 26.4 Å². The van der Waals surface area contributed by atoms with Crippen LogP contribution in [0.5, 0.6) is 5.75 Å². The summed E-state index contributed by atoms with van der Waals surface area (Å²) in [6, 6.07) is 5.02. The minimum absolute atomic E-state index is 0.0453. The zero-order chi connectivity index (χ0) is 24.9. The van der Waals surface area contributed by atoms with E-state index in [4.69, 9.17) is 16.2 Å². The molecular weight excluding hydrogens is 434 g/mol. The van der Waals surface area contributed by atoms with Crippen LogP contribution in [0, 0.1) is 5.92 Å². The fourth-order valence-corrected chi connectivity index (χ4v) is 5.21. The number of ether oxygens (including phenoxy) is 1. The Kier molecular flexibility index (Phi) is 8.05. The van der Waals surface area contributed by atoms with Crippen molar-refractivity contribution in [3.63, 3.8) is 0 Å². The van der Waals surface area contributed by atoms with Gasteiger partial charge in [0.25, 0.3) is 0 Å². The van der Waals surface area contributed by atoms with Crippen LogP contribution < -0.4 is 11.5 Å². The highest BCUT2D eigenvalue weighted by atomic mass is 16.6. The largest absolute Gasteiger partial charge is 0.508 e. The number of amides is 1. The summed E-state index contributed by atoms with van der Waals surface area (Å²) in [5.41, 5.74) is 12.3. The van der Waals surface area contributed by atoms with E-state index in [9.17, 15) is 19.8 Å². The maximum absolute atomic E-state index is 13.2. The van der Waals surface area contributed by atoms with E-state index in [0.717, 1.165) is 12.0 Å². The number of phenolic OH excluding ortho intramolecular Hbond substituents is 1. The molecule has 3 rings (SSSR count). The van der Waals surface area contributed by atoms with Gasteiger partial charge in [0.2, 0.25) is 0 Å². The third kappa shape index (κ3) is 5.45. The standard InChI is InChI=1S/C26H37N3O5/c1-3-15-29(24(32)33)26(28)13-6-12-25(23(26)27,14-11-19-8-4-7-18(2)16-19)34-22(31)20-9-5-10-21(30)17-20/h4-5,8-10,16-18,23,30H,3,6-7,11-15,27-28H2,1-2H3,(H,32,33)/t18?,23?,25-,26+/m0/s1. The highest BCUT2D eigenvalue weighted by Gasteiger charge is 2.56. The molecule has 0 radical (unpaired) electrons. The summed E-state index contributed by atoms with van der Waals surface area (Å²) in [4.78, 5) is 26.5.